The van der Waals surface area contributed by atoms with Crippen molar-refractivity contribution in [1.29, 1.82) is 0 Å². The third kappa shape index (κ3) is 2.94. The predicted molar refractivity (Wildman–Crippen MR) is 76.3 cm³/mol. The van der Waals surface area contributed by atoms with E-state index in [2.05, 4.69) is 14.4 Å². The first kappa shape index (κ1) is 15.2. The molecule has 114 valence electrons. The van der Waals surface area contributed by atoms with Gasteiger partial charge in [0.15, 0.2) is 11.5 Å². The van der Waals surface area contributed by atoms with E-state index in [-0.39, 0.29) is 4.90 Å². The second-order valence-electron chi connectivity index (χ2n) is 4.39. The van der Waals surface area contributed by atoms with E-state index in [1.54, 1.807) is 26.0 Å². The number of rotatable bonds is 5. The van der Waals surface area contributed by atoms with Crippen LogP contribution in [0.15, 0.2) is 27.8 Å². The molecular formula is C13H16N2O5S. The molecule has 0 amide bonds. The smallest absolute Gasteiger partial charge is 0.267 e. The number of hydrogen-bond acceptors (Lipinski definition) is 6. The molecule has 0 aliphatic carbocycles. The first-order chi connectivity index (χ1) is 9.89. The number of aromatic nitrogens is 1. The highest BCUT2D eigenvalue weighted by Gasteiger charge is 2.22. The molecule has 21 heavy (non-hydrogen) atoms. The van der Waals surface area contributed by atoms with Crippen LogP contribution in [0.4, 0.5) is 5.69 Å². The largest absolute Gasteiger partial charge is 0.493 e. The number of benzene rings is 1. The van der Waals surface area contributed by atoms with Crippen LogP contribution in [0.2, 0.25) is 0 Å². The standard InChI is InChI=1S/C13H16N2O5S/c1-8-5-11(18-3)12(19-4)6-10(8)15-21(16,17)13-7-20-14-9(13)2/h5-7,15H,1-4H3. The summed E-state index contributed by atoms with van der Waals surface area (Å²) in [5.41, 5.74) is 1.39. The molecule has 0 saturated carbocycles. The predicted octanol–water partition coefficient (Wildman–Crippen LogP) is 2.11. The number of aryl methyl sites for hydroxylation is 2. The van der Waals surface area contributed by atoms with E-state index in [9.17, 15) is 8.42 Å². The van der Waals surface area contributed by atoms with E-state index in [0.29, 0.717) is 28.4 Å². The molecule has 0 aliphatic heterocycles. The lowest BCUT2D eigenvalue weighted by Crippen LogP contribution is -2.14. The van der Waals surface area contributed by atoms with E-state index in [1.165, 1.54) is 14.2 Å². The molecule has 0 radical (unpaired) electrons. The summed E-state index contributed by atoms with van der Waals surface area (Å²) in [5, 5.41) is 3.57. The summed E-state index contributed by atoms with van der Waals surface area (Å²) in [6, 6.07) is 3.26. The lowest BCUT2D eigenvalue weighted by molar-refractivity contribution is 0.355. The van der Waals surface area contributed by atoms with Gasteiger partial charge in [-0.15, -0.1) is 0 Å². The monoisotopic (exact) mass is 312 g/mol. The van der Waals surface area contributed by atoms with Crippen LogP contribution in [0.5, 0.6) is 11.5 Å². The van der Waals surface area contributed by atoms with Crippen LogP contribution >= 0.6 is 0 Å². The molecule has 2 rings (SSSR count). The Morgan fingerprint density at radius 3 is 2.29 bits per heavy atom. The van der Waals surface area contributed by atoms with E-state index in [0.717, 1.165) is 6.26 Å². The van der Waals surface area contributed by atoms with E-state index >= 15 is 0 Å². The molecular weight excluding hydrogens is 296 g/mol. The lowest BCUT2D eigenvalue weighted by Gasteiger charge is -2.14. The molecule has 1 aromatic heterocycles. The van der Waals surface area contributed by atoms with Gasteiger partial charge in [-0.25, -0.2) is 8.42 Å². The van der Waals surface area contributed by atoms with Crippen LogP contribution in [-0.4, -0.2) is 27.8 Å². The lowest BCUT2D eigenvalue weighted by atomic mass is 10.2. The highest BCUT2D eigenvalue weighted by atomic mass is 32.2. The summed E-state index contributed by atoms with van der Waals surface area (Å²) >= 11 is 0. The fourth-order valence-electron chi connectivity index (χ4n) is 1.83. The van der Waals surface area contributed by atoms with Crippen molar-refractivity contribution >= 4 is 15.7 Å². The molecule has 0 unspecified atom stereocenters. The number of nitrogens with zero attached hydrogens (tertiary/aromatic N) is 1. The average Bonchev–Trinajstić information content (AvgIpc) is 2.87. The Hall–Kier alpha value is -2.22. The summed E-state index contributed by atoms with van der Waals surface area (Å²) in [7, 11) is -0.773. The second kappa shape index (κ2) is 5.65. The number of methoxy groups -OCH3 is 2. The van der Waals surface area contributed by atoms with Crippen LogP contribution in [0.1, 0.15) is 11.3 Å². The number of hydrogen-bond donors (Lipinski definition) is 1. The first-order valence-electron chi connectivity index (χ1n) is 6.05. The fraction of sp³-hybridized carbons (Fsp3) is 0.308. The Bertz CT molecular complexity index is 752. The van der Waals surface area contributed by atoms with Crippen LogP contribution in [0, 0.1) is 13.8 Å². The quantitative estimate of drug-likeness (QED) is 0.909. The fourth-order valence-corrected chi connectivity index (χ4v) is 3.05. The summed E-state index contributed by atoms with van der Waals surface area (Å²) in [5.74, 6) is 0.960. The Morgan fingerprint density at radius 2 is 1.76 bits per heavy atom. The number of sulfonamides is 1. The van der Waals surface area contributed by atoms with Gasteiger partial charge in [0.1, 0.15) is 16.9 Å². The zero-order valence-corrected chi connectivity index (χ0v) is 12.9. The van der Waals surface area contributed by atoms with Crippen molar-refractivity contribution in [2.45, 2.75) is 18.7 Å². The first-order valence-corrected chi connectivity index (χ1v) is 7.53. The molecule has 1 heterocycles. The Kier molecular flexibility index (Phi) is 4.08. The maximum absolute atomic E-state index is 12.3. The van der Waals surface area contributed by atoms with Gasteiger partial charge in [0.05, 0.1) is 19.9 Å². The average molecular weight is 312 g/mol. The van der Waals surface area contributed by atoms with Crippen LogP contribution in [-0.2, 0) is 10.0 Å². The molecule has 0 fully saturated rings. The maximum Gasteiger partial charge on any atom is 0.267 e. The molecule has 8 heteroatoms. The number of nitrogens with one attached hydrogen (secondary N) is 1. The molecule has 7 nitrogen and oxygen atoms in total. The van der Waals surface area contributed by atoms with Crippen molar-refractivity contribution < 1.29 is 22.4 Å². The van der Waals surface area contributed by atoms with Crippen molar-refractivity contribution in [3.8, 4) is 11.5 Å². The van der Waals surface area contributed by atoms with Crippen LogP contribution in [0.25, 0.3) is 0 Å². The molecule has 0 aliphatic rings. The van der Waals surface area contributed by atoms with E-state index < -0.39 is 10.0 Å². The van der Waals surface area contributed by atoms with Gasteiger partial charge in [-0.05, 0) is 25.5 Å². The van der Waals surface area contributed by atoms with Gasteiger partial charge in [-0.3, -0.25) is 4.72 Å². The molecule has 0 spiro atoms. The number of ether oxygens (including phenoxy) is 2. The van der Waals surface area contributed by atoms with Gasteiger partial charge in [0.2, 0.25) is 0 Å². The third-order valence-electron chi connectivity index (χ3n) is 2.97. The van der Waals surface area contributed by atoms with E-state index in [4.69, 9.17) is 9.47 Å². The summed E-state index contributed by atoms with van der Waals surface area (Å²) < 4.78 is 42.1. The molecule has 0 bridgehead atoms. The summed E-state index contributed by atoms with van der Waals surface area (Å²) in [6.45, 7) is 3.32. The van der Waals surface area contributed by atoms with Gasteiger partial charge in [0, 0.05) is 6.07 Å². The minimum absolute atomic E-state index is 0.00307. The van der Waals surface area contributed by atoms with Crippen molar-refractivity contribution in [3.63, 3.8) is 0 Å². The van der Waals surface area contributed by atoms with Crippen LogP contribution in [0.3, 0.4) is 0 Å². The normalized spacial score (nSPS) is 11.2. The second-order valence-corrected chi connectivity index (χ2v) is 6.04. The molecule has 0 saturated heterocycles. The van der Waals surface area contributed by atoms with Gasteiger partial charge in [-0.1, -0.05) is 5.16 Å². The molecule has 2 aromatic rings. The number of anilines is 1. The maximum atomic E-state index is 12.3. The van der Waals surface area contributed by atoms with Crippen molar-refractivity contribution in [2.75, 3.05) is 18.9 Å². The Labute approximate surface area is 122 Å². The van der Waals surface area contributed by atoms with Gasteiger partial charge in [0.25, 0.3) is 10.0 Å². The van der Waals surface area contributed by atoms with Gasteiger partial charge < -0.3 is 14.0 Å². The molecule has 1 N–H and O–H groups in total. The zero-order chi connectivity index (χ0) is 15.6. The van der Waals surface area contributed by atoms with Gasteiger partial charge >= 0.3 is 0 Å². The minimum atomic E-state index is -3.77. The van der Waals surface area contributed by atoms with Crippen molar-refractivity contribution in [2.24, 2.45) is 0 Å². The molecule has 0 atom stereocenters. The summed E-state index contributed by atoms with van der Waals surface area (Å²) in [6.07, 6.45) is 1.09. The SMILES string of the molecule is COc1cc(C)c(NS(=O)(=O)c2conc2C)cc1OC. The van der Waals surface area contributed by atoms with Gasteiger partial charge in [-0.2, -0.15) is 0 Å². The van der Waals surface area contributed by atoms with Crippen molar-refractivity contribution in [3.05, 3.63) is 29.7 Å². The van der Waals surface area contributed by atoms with E-state index in [1.807, 2.05) is 0 Å². The zero-order valence-electron chi connectivity index (χ0n) is 12.1. The van der Waals surface area contributed by atoms with Crippen LogP contribution < -0.4 is 14.2 Å². The highest BCUT2D eigenvalue weighted by Crippen LogP contribution is 2.34. The Balaban J connectivity index is 2.42. The third-order valence-corrected chi connectivity index (χ3v) is 4.43. The highest BCUT2D eigenvalue weighted by molar-refractivity contribution is 7.92. The topological polar surface area (TPSA) is 90.7 Å². The summed E-state index contributed by atoms with van der Waals surface area (Å²) in [4.78, 5) is -0.00307. The van der Waals surface area contributed by atoms with Crippen molar-refractivity contribution in [1.82, 2.24) is 5.16 Å². The Morgan fingerprint density at radius 1 is 1.14 bits per heavy atom. The molecule has 1 aromatic carbocycles. The minimum Gasteiger partial charge on any atom is -0.493 e.